The van der Waals surface area contributed by atoms with E-state index in [0.717, 1.165) is 6.07 Å². The molecule has 0 aliphatic heterocycles. The highest BCUT2D eigenvalue weighted by atomic mass is 32.2. The quantitative estimate of drug-likeness (QED) is 0.752. The molecule has 2 rings (SSSR count). The van der Waals surface area contributed by atoms with E-state index in [-0.39, 0.29) is 16.0 Å². The number of rotatable bonds is 3. The largest absolute Gasteiger partial charge is 0.329 e. The number of hydrogen-bond acceptors (Lipinski definition) is 4. The average molecular weight is 293 g/mol. The van der Waals surface area contributed by atoms with Gasteiger partial charge in [0.05, 0.1) is 4.90 Å². The monoisotopic (exact) mass is 293 g/mol. The predicted molar refractivity (Wildman–Crippen MR) is 72.8 cm³/mol. The number of benzene rings is 1. The van der Waals surface area contributed by atoms with Crippen LogP contribution in [0.2, 0.25) is 0 Å². The van der Waals surface area contributed by atoms with Gasteiger partial charge in [0.1, 0.15) is 0 Å². The number of anilines is 1. The molecule has 2 aromatic rings. The number of aromatic amines is 1. The third-order valence-electron chi connectivity index (χ3n) is 2.48. The van der Waals surface area contributed by atoms with Crippen molar-refractivity contribution < 1.29 is 13.2 Å². The molecule has 0 atom stereocenters. The van der Waals surface area contributed by atoms with Crippen molar-refractivity contribution >= 4 is 21.6 Å². The van der Waals surface area contributed by atoms with Crippen molar-refractivity contribution in [2.45, 2.75) is 4.90 Å². The second-order valence-electron chi connectivity index (χ2n) is 3.97. The molecule has 0 aliphatic carbocycles. The lowest BCUT2D eigenvalue weighted by Gasteiger charge is -2.05. The van der Waals surface area contributed by atoms with Gasteiger partial charge in [0.25, 0.3) is 5.91 Å². The molecule has 0 unspecified atom stereocenters. The SMILES string of the molecule is NS(=O)(=O)c1ccc(NC(=O)c2cc[nH]c(=O)c2)cc1. The molecule has 8 heteroatoms. The van der Waals surface area contributed by atoms with Crippen molar-refractivity contribution in [2.75, 3.05) is 5.32 Å². The van der Waals surface area contributed by atoms with Crippen LogP contribution in [0.25, 0.3) is 0 Å². The molecule has 0 bridgehead atoms. The summed E-state index contributed by atoms with van der Waals surface area (Å²) in [7, 11) is -3.76. The Kier molecular flexibility index (Phi) is 3.68. The smallest absolute Gasteiger partial charge is 0.255 e. The Labute approximate surface area is 114 Å². The second kappa shape index (κ2) is 5.27. The molecule has 0 aliphatic rings. The molecular weight excluding hydrogens is 282 g/mol. The molecule has 0 spiro atoms. The van der Waals surface area contributed by atoms with E-state index in [1.54, 1.807) is 0 Å². The highest BCUT2D eigenvalue weighted by molar-refractivity contribution is 7.89. The van der Waals surface area contributed by atoms with Gasteiger partial charge in [0.15, 0.2) is 0 Å². The van der Waals surface area contributed by atoms with Gasteiger partial charge in [0.2, 0.25) is 15.6 Å². The summed E-state index contributed by atoms with van der Waals surface area (Å²) >= 11 is 0. The normalized spacial score (nSPS) is 11.1. The summed E-state index contributed by atoms with van der Waals surface area (Å²) in [6.07, 6.45) is 1.36. The van der Waals surface area contributed by atoms with E-state index in [9.17, 15) is 18.0 Å². The van der Waals surface area contributed by atoms with Gasteiger partial charge in [-0.2, -0.15) is 0 Å². The lowest BCUT2D eigenvalue weighted by molar-refractivity contribution is 0.102. The van der Waals surface area contributed by atoms with Gasteiger partial charge in [-0.15, -0.1) is 0 Å². The van der Waals surface area contributed by atoms with Crippen LogP contribution in [0.1, 0.15) is 10.4 Å². The van der Waals surface area contributed by atoms with Crippen LogP contribution in [-0.2, 0) is 10.0 Å². The molecule has 1 heterocycles. The first-order chi connectivity index (χ1) is 9.36. The van der Waals surface area contributed by atoms with Crippen LogP contribution in [0, 0.1) is 0 Å². The van der Waals surface area contributed by atoms with E-state index in [2.05, 4.69) is 10.3 Å². The fraction of sp³-hybridized carbons (Fsp3) is 0. The zero-order chi connectivity index (χ0) is 14.8. The van der Waals surface area contributed by atoms with Gasteiger partial charge in [-0.25, -0.2) is 13.6 Å². The summed E-state index contributed by atoms with van der Waals surface area (Å²) in [5.74, 6) is -0.473. The number of H-pyrrole nitrogens is 1. The number of carbonyl (C=O) groups is 1. The predicted octanol–water partition coefficient (Wildman–Crippen LogP) is 0.275. The number of amides is 1. The van der Waals surface area contributed by atoms with Gasteiger partial charge >= 0.3 is 0 Å². The number of nitrogens with two attached hydrogens (primary N) is 1. The Morgan fingerprint density at radius 1 is 1.15 bits per heavy atom. The maximum absolute atomic E-state index is 11.8. The molecule has 1 aromatic heterocycles. The number of nitrogens with one attached hydrogen (secondary N) is 2. The Hall–Kier alpha value is -2.45. The number of hydrogen-bond donors (Lipinski definition) is 3. The summed E-state index contributed by atoms with van der Waals surface area (Å²) in [5.41, 5.74) is 0.203. The van der Waals surface area contributed by atoms with Crippen LogP contribution in [0.4, 0.5) is 5.69 Å². The minimum Gasteiger partial charge on any atom is -0.329 e. The standard InChI is InChI=1S/C12H11N3O4S/c13-20(18,19)10-3-1-9(2-4-10)15-12(17)8-5-6-14-11(16)7-8/h1-7H,(H,14,16)(H,15,17)(H2,13,18,19). The fourth-order valence-corrected chi connectivity index (χ4v) is 2.03. The van der Waals surface area contributed by atoms with E-state index in [1.807, 2.05) is 0 Å². The van der Waals surface area contributed by atoms with E-state index >= 15 is 0 Å². The van der Waals surface area contributed by atoms with Gasteiger partial charge in [-0.3, -0.25) is 9.59 Å². The minimum absolute atomic E-state index is 0.0494. The third-order valence-corrected chi connectivity index (χ3v) is 3.41. The van der Waals surface area contributed by atoms with E-state index < -0.39 is 15.9 Å². The maximum atomic E-state index is 11.8. The van der Waals surface area contributed by atoms with Gasteiger partial charge < -0.3 is 10.3 Å². The summed E-state index contributed by atoms with van der Waals surface area (Å²) in [5, 5.41) is 7.50. The minimum atomic E-state index is -3.76. The first-order valence-corrected chi connectivity index (χ1v) is 7.04. The molecule has 0 saturated heterocycles. The lowest BCUT2D eigenvalue weighted by atomic mass is 10.2. The number of sulfonamides is 1. The molecule has 0 fully saturated rings. The van der Waals surface area contributed by atoms with Crippen LogP contribution in [0.15, 0.2) is 52.3 Å². The highest BCUT2D eigenvalue weighted by Crippen LogP contribution is 2.13. The highest BCUT2D eigenvalue weighted by Gasteiger charge is 2.09. The van der Waals surface area contributed by atoms with Crippen LogP contribution in [0.5, 0.6) is 0 Å². The Balaban J connectivity index is 2.18. The summed E-state index contributed by atoms with van der Waals surface area (Å²) in [4.78, 5) is 25.3. The van der Waals surface area contributed by atoms with Crippen LogP contribution in [0.3, 0.4) is 0 Å². The molecule has 20 heavy (non-hydrogen) atoms. The van der Waals surface area contributed by atoms with Gasteiger partial charge in [-0.05, 0) is 30.3 Å². The fourth-order valence-electron chi connectivity index (χ4n) is 1.52. The maximum Gasteiger partial charge on any atom is 0.255 e. The molecule has 4 N–H and O–H groups in total. The van der Waals surface area contributed by atoms with Crippen molar-refractivity contribution in [1.82, 2.24) is 4.98 Å². The van der Waals surface area contributed by atoms with Gasteiger partial charge in [0, 0.05) is 23.5 Å². The average Bonchev–Trinajstić information content (AvgIpc) is 2.38. The second-order valence-corrected chi connectivity index (χ2v) is 5.53. The van der Waals surface area contributed by atoms with Crippen LogP contribution in [-0.4, -0.2) is 19.3 Å². The lowest BCUT2D eigenvalue weighted by Crippen LogP contribution is -2.16. The molecular formula is C12H11N3O4S. The van der Waals surface area contributed by atoms with Crippen molar-refractivity contribution in [3.63, 3.8) is 0 Å². The molecule has 104 valence electrons. The Morgan fingerprint density at radius 2 is 1.80 bits per heavy atom. The van der Waals surface area contributed by atoms with Crippen LogP contribution >= 0.6 is 0 Å². The Bertz CT molecular complexity index is 794. The number of pyridine rings is 1. The van der Waals surface area contributed by atoms with E-state index in [4.69, 9.17) is 5.14 Å². The van der Waals surface area contributed by atoms with E-state index in [0.29, 0.717) is 5.69 Å². The molecule has 0 radical (unpaired) electrons. The first kappa shape index (κ1) is 14.0. The first-order valence-electron chi connectivity index (χ1n) is 5.49. The van der Waals surface area contributed by atoms with Gasteiger partial charge in [-0.1, -0.05) is 0 Å². The molecule has 7 nitrogen and oxygen atoms in total. The summed E-state index contributed by atoms with van der Waals surface area (Å²) in [6, 6.07) is 7.99. The molecule has 1 amide bonds. The van der Waals surface area contributed by atoms with Crippen LogP contribution < -0.4 is 16.0 Å². The zero-order valence-electron chi connectivity index (χ0n) is 10.2. The summed E-state index contributed by atoms with van der Waals surface area (Å²) in [6.45, 7) is 0. The Morgan fingerprint density at radius 3 is 2.35 bits per heavy atom. The number of carbonyl (C=O) groups excluding carboxylic acids is 1. The van der Waals surface area contributed by atoms with Crippen molar-refractivity contribution in [1.29, 1.82) is 0 Å². The number of primary sulfonamides is 1. The molecule has 0 saturated carbocycles. The molecule has 1 aromatic carbocycles. The van der Waals surface area contributed by atoms with Crippen molar-refractivity contribution in [2.24, 2.45) is 5.14 Å². The number of aromatic nitrogens is 1. The topological polar surface area (TPSA) is 122 Å². The van der Waals surface area contributed by atoms with Crippen molar-refractivity contribution in [3.05, 3.63) is 58.5 Å². The van der Waals surface area contributed by atoms with E-state index in [1.165, 1.54) is 36.5 Å². The van der Waals surface area contributed by atoms with Crippen molar-refractivity contribution in [3.8, 4) is 0 Å². The summed E-state index contributed by atoms with van der Waals surface area (Å²) < 4.78 is 22.2. The third kappa shape index (κ3) is 3.31. The zero-order valence-corrected chi connectivity index (χ0v) is 11.0.